The first-order chi connectivity index (χ1) is 9.69. The predicted molar refractivity (Wildman–Crippen MR) is 73.4 cm³/mol. The highest BCUT2D eigenvalue weighted by Crippen LogP contribution is 2.26. The molecule has 0 saturated carbocycles. The van der Waals surface area contributed by atoms with Crippen LogP contribution in [0.2, 0.25) is 0 Å². The maximum atomic E-state index is 10.1. The van der Waals surface area contributed by atoms with Crippen molar-refractivity contribution in [1.82, 2.24) is 0 Å². The SMILES string of the molecule is C=C[C@H]1O[C@H](OC)[C@H](O)[C@H]1OCc1ccc(OC)cc1. The van der Waals surface area contributed by atoms with Crippen molar-refractivity contribution in [2.75, 3.05) is 14.2 Å². The second-order valence-electron chi connectivity index (χ2n) is 4.55. The summed E-state index contributed by atoms with van der Waals surface area (Å²) >= 11 is 0. The van der Waals surface area contributed by atoms with Crippen LogP contribution in [0.25, 0.3) is 0 Å². The van der Waals surface area contributed by atoms with Gasteiger partial charge in [-0.3, -0.25) is 0 Å². The Balaban J connectivity index is 1.96. The van der Waals surface area contributed by atoms with Crippen LogP contribution >= 0.6 is 0 Å². The molecule has 0 aromatic heterocycles. The van der Waals surface area contributed by atoms with Crippen molar-refractivity contribution >= 4 is 0 Å². The lowest BCUT2D eigenvalue weighted by atomic mass is 10.1. The summed E-state index contributed by atoms with van der Waals surface area (Å²) in [5.41, 5.74) is 0.988. The van der Waals surface area contributed by atoms with E-state index in [2.05, 4.69) is 6.58 Å². The standard InChI is InChI=1S/C15H20O5/c1-4-12-14(13(16)15(18-3)20-12)19-9-10-5-7-11(17-2)8-6-10/h4-8,12-16H,1,9H2,2-3H3/t12-,13-,14+,15+/m1/s1. The van der Waals surface area contributed by atoms with Crippen LogP contribution in [-0.2, 0) is 20.8 Å². The first-order valence-corrected chi connectivity index (χ1v) is 6.43. The summed E-state index contributed by atoms with van der Waals surface area (Å²) in [7, 11) is 3.11. The number of hydrogen-bond acceptors (Lipinski definition) is 5. The number of benzene rings is 1. The Kier molecular flexibility index (Phi) is 5.14. The molecule has 0 amide bonds. The lowest BCUT2D eigenvalue weighted by Gasteiger charge is -2.18. The zero-order valence-electron chi connectivity index (χ0n) is 11.7. The molecule has 110 valence electrons. The normalized spacial score (nSPS) is 29.4. The van der Waals surface area contributed by atoms with Gasteiger partial charge in [-0.25, -0.2) is 0 Å². The predicted octanol–water partition coefficient (Wildman–Crippen LogP) is 1.50. The van der Waals surface area contributed by atoms with Crippen molar-refractivity contribution in [1.29, 1.82) is 0 Å². The second-order valence-corrected chi connectivity index (χ2v) is 4.55. The molecule has 1 saturated heterocycles. The van der Waals surface area contributed by atoms with Crippen LogP contribution < -0.4 is 4.74 Å². The van der Waals surface area contributed by atoms with E-state index in [0.717, 1.165) is 11.3 Å². The third-order valence-electron chi connectivity index (χ3n) is 3.30. The molecule has 1 aromatic rings. The summed E-state index contributed by atoms with van der Waals surface area (Å²) in [5.74, 6) is 0.793. The van der Waals surface area contributed by atoms with Gasteiger partial charge >= 0.3 is 0 Å². The van der Waals surface area contributed by atoms with Crippen LogP contribution in [-0.4, -0.2) is 43.9 Å². The van der Waals surface area contributed by atoms with E-state index in [-0.39, 0.29) is 6.10 Å². The van der Waals surface area contributed by atoms with Gasteiger partial charge in [0.05, 0.1) is 13.7 Å². The highest BCUT2D eigenvalue weighted by molar-refractivity contribution is 5.26. The molecular formula is C15H20O5. The van der Waals surface area contributed by atoms with Crippen molar-refractivity contribution in [3.63, 3.8) is 0 Å². The minimum absolute atomic E-state index is 0.371. The number of aliphatic hydroxyl groups is 1. The number of methoxy groups -OCH3 is 2. The molecule has 0 spiro atoms. The van der Waals surface area contributed by atoms with E-state index in [4.69, 9.17) is 18.9 Å². The molecule has 1 aromatic carbocycles. The molecule has 0 unspecified atom stereocenters. The van der Waals surface area contributed by atoms with Gasteiger partial charge in [-0.15, -0.1) is 6.58 Å². The molecule has 1 fully saturated rings. The minimum atomic E-state index is -0.832. The first kappa shape index (κ1) is 15.0. The summed E-state index contributed by atoms with van der Waals surface area (Å²) in [6.07, 6.45) is -0.770. The van der Waals surface area contributed by atoms with E-state index < -0.39 is 18.5 Å². The zero-order valence-corrected chi connectivity index (χ0v) is 11.7. The van der Waals surface area contributed by atoms with E-state index in [0.29, 0.717) is 6.61 Å². The molecule has 1 N–H and O–H groups in total. The molecule has 5 nitrogen and oxygen atoms in total. The third-order valence-corrected chi connectivity index (χ3v) is 3.30. The monoisotopic (exact) mass is 280 g/mol. The van der Waals surface area contributed by atoms with E-state index in [9.17, 15) is 5.11 Å². The summed E-state index contributed by atoms with van der Waals surface area (Å²) in [6, 6.07) is 7.56. The Morgan fingerprint density at radius 2 is 2.00 bits per heavy atom. The van der Waals surface area contributed by atoms with Crippen LogP contribution in [0.15, 0.2) is 36.9 Å². The lowest BCUT2D eigenvalue weighted by Crippen LogP contribution is -2.35. The van der Waals surface area contributed by atoms with Gasteiger partial charge < -0.3 is 24.1 Å². The van der Waals surface area contributed by atoms with E-state index in [1.165, 1.54) is 7.11 Å². The Morgan fingerprint density at radius 3 is 2.55 bits per heavy atom. The van der Waals surface area contributed by atoms with Crippen LogP contribution in [0, 0.1) is 0 Å². The fourth-order valence-corrected chi connectivity index (χ4v) is 2.15. The number of aliphatic hydroxyl groups excluding tert-OH is 1. The molecular weight excluding hydrogens is 260 g/mol. The smallest absolute Gasteiger partial charge is 0.186 e. The van der Waals surface area contributed by atoms with E-state index in [1.807, 2.05) is 24.3 Å². The first-order valence-electron chi connectivity index (χ1n) is 6.43. The van der Waals surface area contributed by atoms with Crippen molar-refractivity contribution < 1.29 is 24.1 Å². The molecule has 1 aliphatic rings. The van der Waals surface area contributed by atoms with Gasteiger partial charge in [-0.05, 0) is 17.7 Å². The van der Waals surface area contributed by atoms with Crippen LogP contribution in [0.5, 0.6) is 5.75 Å². The average molecular weight is 280 g/mol. The van der Waals surface area contributed by atoms with E-state index in [1.54, 1.807) is 13.2 Å². The topological polar surface area (TPSA) is 57.2 Å². The lowest BCUT2D eigenvalue weighted by molar-refractivity contribution is -0.143. The fraction of sp³-hybridized carbons (Fsp3) is 0.467. The maximum Gasteiger partial charge on any atom is 0.186 e. The van der Waals surface area contributed by atoms with Crippen LogP contribution in [0.1, 0.15) is 5.56 Å². The molecule has 0 bridgehead atoms. The van der Waals surface area contributed by atoms with Gasteiger partial charge in [-0.2, -0.15) is 0 Å². The van der Waals surface area contributed by atoms with Crippen molar-refractivity contribution in [2.45, 2.75) is 31.2 Å². The van der Waals surface area contributed by atoms with Crippen molar-refractivity contribution in [3.8, 4) is 5.75 Å². The van der Waals surface area contributed by atoms with Gasteiger partial charge in [0.15, 0.2) is 6.29 Å². The van der Waals surface area contributed by atoms with Crippen molar-refractivity contribution in [2.24, 2.45) is 0 Å². The number of hydrogen-bond donors (Lipinski definition) is 1. The average Bonchev–Trinajstić information content (AvgIpc) is 2.81. The quantitative estimate of drug-likeness (QED) is 0.800. The fourth-order valence-electron chi connectivity index (χ4n) is 2.15. The molecule has 2 rings (SSSR count). The number of ether oxygens (including phenoxy) is 4. The summed E-state index contributed by atoms with van der Waals surface area (Å²) in [5, 5.41) is 10.1. The van der Waals surface area contributed by atoms with Gasteiger partial charge in [-0.1, -0.05) is 18.2 Å². The summed E-state index contributed by atoms with van der Waals surface area (Å²) < 4.78 is 21.4. The van der Waals surface area contributed by atoms with Gasteiger partial charge in [0.1, 0.15) is 24.1 Å². The molecule has 1 heterocycles. The highest BCUT2D eigenvalue weighted by atomic mass is 16.7. The Bertz CT molecular complexity index is 430. The highest BCUT2D eigenvalue weighted by Gasteiger charge is 2.43. The Labute approximate surface area is 118 Å². The van der Waals surface area contributed by atoms with Gasteiger partial charge in [0.2, 0.25) is 0 Å². The minimum Gasteiger partial charge on any atom is -0.497 e. The Hall–Kier alpha value is -1.40. The van der Waals surface area contributed by atoms with E-state index >= 15 is 0 Å². The maximum absolute atomic E-state index is 10.1. The molecule has 1 aliphatic heterocycles. The molecule has 0 radical (unpaired) electrons. The van der Waals surface area contributed by atoms with Crippen LogP contribution in [0.4, 0.5) is 0 Å². The molecule has 0 aliphatic carbocycles. The zero-order chi connectivity index (χ0) is 14.5. The number of rotatable bonds is 6. The molecule has 5 heteroatoms. The third kappa shape index (κ3) is 3.19. The second kappa shape index (κ2) is 6.85. The van der Waals surface area contributed by atoms with Crippen LogP contribution in [0.3, 0.4) is 0 Å². The van der Waals surface area contributed by atoms with Gasteiger partial charge in [0.25, 0.3) is 0 Å². The van der Waals surface area contributed by atoms with Crippen molar-refractivity contribution in [3.05, 3.63) is 42.5 Å². The largest absolute Gasteiger partial charge is 0.497 e. The molecule has 4 atom stereocenters. The summed E-state index contributed by atoms with van der Waals surface area (Å²) in [6.45, 7) is 4.06. The summed E-state index contributed by atoms with van der Waals surface area (Å²) in [4.78, 5) is 0. The van der Waals surface area contributed by atoms with Gasteiger partial charge in [0, 0.05) is 7.11 Å². The molecule has 20 heavy (non-hydrogen) atoms. The Morgan fingerprint density at radius 1 is 1.30 bits per heavy atom.